The molecular weight excluding hydrogens is 254 g/mol. The first-order valence-corrected chi connectivity index (χ1v) is 7.36. The maximum atomic E-state index is 12.1. The Bertz CT molecular complexity index is 495. The van der Waals surface area contributed by atoms with E-state index in [-0.39, 0.29) is 11.0 Å². The van der Waals surface area contributed by atoms with Gasteiger partial charge in [-0.25, -0.2) is 13.1 Å². The van der Waals surface area contributed by atoms with Gasteiger partial charge in [-0.2, -0.15) is 0 Å². The first-order chi connectivity index (χ1) is 8.63. The fourth-order valence-corrected chi connectivity index (χ4v) is 3.16. The number of hydrogen-bond acceptors (Lipinski definition) is 4. The maximum Gasteiger partial charge on any atom is 0.244 e. The zero-order chi connectivity index (χ0) is 13.0. The highest BCUT2D eigenvalue weighted by Gasteiger charge is 2.22. The molecule has 6 heteroatoms. The standard InChI is InChI=1S/C12H17NO4S/c1-16-11-6-2-3-7-12(11)18(14,15)13-9-10-5-4-8-17-10/h2-3,6-7,10,13H,4-5,8-9H2,1H3. The molecule has 1 aliphatic heterocycles. The van der Waals surface area contributed by atoms with Crippen LogP contribution in [0.15, 0.2) is 29.2 Å². The van der Waals surface area contributed by atoms with E-state index in [4.69, 9.17) is 9.47 Å². The molecule has 1 aliphatic rings. The van der Waals surface area contributed by atoms with Gasteiger partial charge in [0.1, 0.15) is 10.6 Å². The van der Waals surface area contributed by atoms with Gasteiger partial charge in [0.2, 0.25) is 10.0 Å². The predicted molar refractivity (Wildman–Crippen MR) is 67.2 cm³/mol. The van der Waals surface area contributed by atoms with Crippen molar-refractivity contribution in [3.8, 4) is 5.75 Å². The molecule has 1 atom stereocenters. The highest BCUT2D eigenvalue weighted by atomic mass is 32.2. The zero-order valence-corrected chi connectivity index (χ0v) is 11.1. The highest BCUT2D eigenvalue weighted by molar-refractivity contribution is 7.89. The van der Waals surface area contributed by atoms with E-state index in [0.29, 0.717) is 18.9 Å². The molecular formula is C12H17NO4S. The van der Waals surface area contributed by atoms with E-state index in [1.54, 1.807) is 18.2 Å². The van der Waals surface area contributed by atoms with Crippen molar-refractivity contribution in [1.82, 2.24) is 4.72 Å². The Morgan fingerprint density at radius 3 is 2.89 bits per heavy atom. The number of rotatable bonds is 5. The van der Waals surface area contributed by atoms with Gasteiger partial charge in [-0.1, -0.05) is 12.1 Å². The molecule has 1 fully saturated rings. The molecule has 1 heterocycles. The molecule has 1 aromatic rings. The number of para-hydroxylation sites is 1. The molecule has 0 aliphatic carbocycles. The molecule has 1 N–H and O–H groups in total. The van der Waals surface area contributed by atoms with Crippen LogP contribution in [0.5, 0.6) is 5.75 Å². The van der Waals surface area contributed by atoms with Crippen LogP contribution in [0.1, 0.15) is 12.8 Å². The molecule has 1 unspecified atom stereocenters. The summed E-state index contributed by atoms with van der Waals surface area (Å²) in [5, 5.41) is 0. The number of hydrogen-bond donors (Lipinski definition) is 1. The van der Waals surface area contributed by atoms with E-state index in [0.717, 1.165) is 12.8 Å². The van der Waals surface area contributed by atoms with Gasteiger partial charge in [0.05, 0.1) is 13.2 Å². The topological polar surface area (TPSA) is 64.6 Å². The fourth-order valence-electron chi connectivity index (χ4n) is 1.93. The van der Waals surface area contributed by atoms with Crippen LogP contribution in [0.25, 0.3) is 0 Å². The van der Waals surface area contributed by atoms with Crippen LogP contribution in [-0.2, 0) is 14.8 Å². The molecule has 2 rings (SSSR count). The number of methoxy groups -OCH3 is 1. The van der Waals surface area contributed by atoms with Crippen molar-refractivity contribution in [3.63, 3.8) is 0 Å². The van der Waals surface area contributed by atoms with E-state index < -0.39 is 10.0 Å². The van der Waals surface area contributed by atoms with E-state index >= 15 is 0 Å². The highest BCUT2D eigenvalue weighted by Crippen LogP contribution is 2.22. The van der Waals surface area contributed by atoms with Crippen LogP contribution in [0.4, 0.5) is 0 Å². The van der Waals surface area contributed by atoms with Crippen molar-refractivity contribution in [2.45, 2.75) is 23.8 Å². The van der Waals surface area contributed by atoms with Gasteiger partial charge in [-0.05, 0) is 25.0 Å². The Kier molecular flexibility index (Phi) is 4.21. The van der Waals surface area contributed by atoms with Crippen LogP contribution >= 0.6 is 0 Å². The van der Waals surface area contributed by atoms with Gasteiger partial charge in [0.25, 0.3) is 0 Å². The van der Waals surface area contributed by atoms with E-state index in [1.165, 1.54) is 13.2 Å². The smallest absolute Gasteiger partial charge is 0.244 e. The number of nitrogens with one attached hydrogen (secondary N) is 1. The lowest BCUT2D eigenvalue weighted by Gasteiger charge is -2.13. The quantitative estimate of drug-likeness (QED) is 0.872. The summed E-state index contributed by atoms with van der Waals surface area (Å²) in [6.45, 7) is 1.02. The van der Waals surface area contributed by atoms with Crippen LogP contribution in [0.3, 0.4) is 0 Å². The monoisotopic (exact) mass is 271 g/mol. The first kappa shape index (κ1) is 13.3. The van der Waals surface area contributed by atoms with Crippen molar-refractivity contribution < 1.29 is 17.9 Å². The molecule has 0 spiro atoms. The number of sulfonamides is 1. The van der Waals surface area contributed by atoms with Crippen molar-refractivity contribution in [3.05, 3.63) is 24.3 Å². The summed E-state index contributed by atoms with van der Waals surface area (Å²) in [4.78, 5) is 0.158. The molecule has 0 aromatic heterocycles. The lowest BCUT2D eigenvalue weighted by Crippen LogP contribution is -2.32. The second-order valence-electron chi connectivity index (χ2n) is 4.14. The third kappa shape index (κ3) is 3.01. The number of ether oxygens (including phenoxy) is 2. The van der Waals surface area contributed by atoms with Crippen molar-refractivity contribution >= 4 is 10.0 Å². The van der Waals surface area contributed by atoms with Crippen molar-refractivity contribution in [2.75, 3.05) is 20.3 Å². The molecule has 0 radical (unpaired) electrons. The lowest BCUT2D eigenvalue weighted by atomic mass is 10.2. The van der Waals surface area contributed by atoms with Gasteiger partial charge >= 0.3 is 0 Å². The molecule has 1 saturated heterocycles. The Morgan fingerprint density at radius 2 is 2.22 bits per heavy atom. The fraction of sp³-hybridized carbons (Fsp3) is 0.500. The summed E-state index contributed by atoms with van der Waals surface area (Å²) in [5.41, 5.74) is 0. The predicted octanol–water partition coefficient (Wildman–Crippen LogP) is 1.15. The Morgan fingerprint density at radius 1 is 1.44 bits per heavy atom. The molecule has 100 valence electrons. The maximum absolute atomic E-state index is 12.1. The van der Waals surface area contributed by atoms with Gasteiger partial charge in [-0.15, -0.1) is 0 Å². The molecule has 18 heavy (non-hydrogen) atoms. The molecule has 0 amide bonds. The third-order valence-electron chi connectivity index (χ3n) is 2.88. The average molecular weight is 271 g/mol. The largest absolute Gasteiger partial charge is 0.495 e. The Balaban J connectivity index is 2.09. The Hall–Kier alpha value is -1.11. The second kappa shape index (κ2) is 5.69. The van der Waals surface area contributed by atoms with E-state index in [9.17, 15) is 8.42 Å². The molecule has 0 bridgehead atoms. The van der Waals surface area contributed by atoms with Crippen molar-refractivity contribution in [1.29, 1.82) is 0 Å². The minimum absolute atomic E-state index is 0.0190. The van der Waals surface area contributed by atoms with Crippen molar-refractivity contribution in [2.24, 2.45) is 0 Å². The van der Waals surface area contributed by atoms with Crippen LogP contribution in [0.2, 0.25) is 0 Å². The summed E-state index contributed by atoms with van der Waals surface area (Å²) in [6, 6.07) is 6.55. The lowest BCUT2D eigenvalue weighted by molar-refractivity contribution is 0.114. The minimum Gasteiger partial charge on any atom is -0.495 e. The summed E-state index contributed by atoms with van der Waals surface area (Å²) in [5.74, 6) is 0.345. The summed E-state index contributed by atoms with van der Waals surface area (Å²) in [6.07, 6.45) is 1.87. The zero-order valence-electron chi connectivity index (χ0n) is 10.3. The van der Waals surface area contributed by atoms with Gasteiger partial charge in [0, 0.05) is 13.2 Å². The Labute approximate surface area is 107 Å². The van der Waals surface area contributed by atoms with Crippen LogP contribution in [0, 0.1) is 0 Å². The van der Waals surface area contributed by atoms with Gasteiger partial charge < -0.3 is 9.47 Å². The van der Waals surface area contributed by atoms with Crippen LogP contribution in [-0.4, -0.2) is 34.8 Å². The second-order valence-corrected chi connectivity index (χ2v) is 5.87. The third-order valence-corrected chi connectivity index (χ3v) is 4.35. The average Bonchev–Trinajstić information content (AvgIpc) is 2.89. The van der Waals surface area contributed by atoms with Gasteiger partial charge in [0.15, 0.2) is 0 Å². The minimum atomic E-state index is -3.55. The van der Waals surface area contributed by atoms with Crippen LogP contribution < -0.4 is 9.46 Å². The summed E-state index contributed by atoms with van der Waals surface area (Å²) in [7, 11) is -2.09. The summed E-state index contributed by atoms with van der Waals surface area (Å²) >= 11 is 0. The molecule has 0 saturated carbocycles. The number of benzene rings is 1. The molecule has 5 nitrogen and oxygen atoms in total. The molecule has 1 aromatic carbocycles. The van der Waals surface area contributed by atoms with Gasteiger partial charge in [-0.3, -0.25) is 0 Å². The summed E-state index contributed by atoms with van der Waals surface area (Å²) < 4.78 is 37.2. The first-order valence-electron chi connectivity index (χ1n) is 5.88. The normalized spacial score (nSPS) is 19.9. The van der Waals surface area contributed by atoms with E-state index in [2.05, 4.69) is 4.72 Å². The SMILES string of the molecule is COc1ccccc1S(=O)(=O)NCC1CCCO1. The van der Waals surface area contributed by atoms with E-state index in [1.807, 2.05) is 0 Å².